The average molecular weight is 305 g/mol. The quantitative estimate of drug-likeness (QED) is 0.586. The zero-order chi connectivity index (χ0) is 16.0. The van der Waals surface area contributed by atoms with Crippen LogP contribution in [0.15, 0.2) is 48.8 Å². The van der Waals surface area contributed by atoms with E-state index in [0.29, 0.717) is 5.78 Å². The van der Waals surface area contributed by atoms with Crippen molar-refractivity contribution in [2.24, 2.45) is 0 Å². The van der Waals surface area contributed by atoms with E-state index >= 15 is 0 Å². The molecule has 2 heterocycles. The number of hydrogen-bond acceptors (Lipinski definition) is 3. The van der Waals surface area contributed by atoms with E-state index in [-0.39, 0.29) is 5.54 Å². The molecule has 4 rings (SSSR count). The fourth-order valence-electron chi connectivity index (χ4n) is 2.85. The molecular weight excluding hydrogens is 286 g/mol. The lowest BCUT2D eigenvalue weighted by molar-refractivity contribution is 0.627. The lowest BCUT2D eigenvalue weighted by Crippen LogP contribution is -2.27. The number of nitrogens with zero attached hydrogens (tertiary/aromatic N) is 3. The lowest BCUT2D eigenvalue weighted by atomic mass is 10.0. The number of nitrogens with one attached hydrogen (secondary N) is 2. The number of aromatic nitrogens is 4. The Hall–Kier alpha value is -2.82. The molecule has 2 aromatic carbocycles. The Morgan fingerprint density at radius 2 is 1.83 bits per heavy atom. The summed E-state index contributed by atoms with van der Waals surface area (Å²) in [7, 11) is 0. The normalized spacial score (nSPS) is 12.1. The highest BCUT2D eigenvalue weighted by molar-refractivity contribution is 5.98. The molecule has 0 saturated heterocycles. The van der Waals surface area contributed by atoms with Crippen molar-refractivity contribution < 1.29 is 0 Å². The van der Waals surface area contributed by atoms with Crippen molar-refractivity contribution >= 4 is 22.4 Å². The van der Waals surface area contributed by atoms with E-state index in [1.165, 1.54) is 10.8 Å². The highest BCUT2D eigenvalue weighted by Gasteiger charge is 2.21. The lowest BCUT2D eigenvalue weighted by Gasteiger charge is -2.22. The van der Waals surface area contributed by atoms with Crippen LogP contribution in [0, 0.1) is 0 Å². The number of imidazole rings is 1. The van der Waals surface area contributed by atoms with Crippen molar-refractivity contribution in [2.45, 2.75) is 26.3 Å². The van der Waals surface area contributed by atoms with Crippen LogP contribution >= 0.6 is 0 Å². The Morgan fingerprint density at radius 1 is 1.04 bits per heavy atom. The minimum Gasteiger partial charge on any atom is -0.364 e. The maximum Gasteiger partial charge on any atom is 0.252 e. The van der Waals surface area contributed by atoms with Crippen LogP contribution in [-0.4, -0.2) is 25.1 Å². The molecule has 116 valence electrons. The van der Waals surface area contributed by atoms with Crippen LogP contribution in [0.5, 0.6) is 0 Å². The van der Waals surface area contributed by atoms with Crippen LogP contribution in [0.1, 0.15) is 20.8 Å². The van der Waals surface area contributed by atoms with Gasteiger partial charge < -0.3 is 5.32 Å². The van der Waals surface area contributed by atoms with Crippen LogP contribution < -0.4 is 5.32 Å². The van der Waals surface area contributed by atoms with Gasteiger partial charge in [0.1, 0.15) is 12.0 Å². The van der Waals surface area contributed by atoms with Crippen molar-refractivity contribution in [2.75, 3.05) is 5.32 Å². The number of fused-ring (bicyclic) bond motifs is 2. The van der Waals surface area contributed by atoms with Gasteiger partial charge in [-0.1, -0.05) is 42.5 Å². The minimum absolute atomic E-state index is 0.0829. The summed E-state index contributed by atoms with van der Waals surface area (Å²) in [6.45, 7) is 6.40. The first kappa shape index (κ1) is 13.8. The summed E-state index contributed by atoms with van der Waals surface area (Å²) in [4.78, 5) is 9.03. The molecule has 0 fully saturated rings. The summed E-state index contributed by atoms with van der Waals surface area (Å²) in [6.07, 6.45) is 1.66. The van der Waals surface area contributed by atoms with Gasteiger partial charge in [0, 0.05) is 11.1 Å². The molecule has 0 unspecified atom stereocenters. The smallest absolute Gasteiger partial charge is 0.252 e. The first-order valence-electron chi connectivity index (χ1n) is 7.71. The summed E-state index contributed by atoms with van der Waals surface area (Å²) in [6, 6.07) is 14.7. The van der Waals surface area contributed by atoms with Crippen molar-refractivity contribution in [1.29, 1.82) is 0 Å². The monoisotopic (exact) mass is 305 g/mol. The molecule has 0 amide bonds. The average Bonchev–Trinajstić information content (AvgIpc) is 3.08. The summed E-state index contributed by atoms with van der Waals surface area (Å²) in [5.41, 5.74) is 1.94. The molecule has 0 bridgehead atoms. The van der Waals surface area contributed by atoms with Crippen LogP contribution in [0.4, 0.5) is 5.82 Å². The summed E-state index contributed by atoms with van der Waals surface area (Å²) in [5, 5.41) is 9.07. The zero-order valence-electron chi connectivity index (χ0n) is 13.5. The van der Waals surface area contributed by atoms with E-state index < -0.39 is 0 Å². The molecule has 2 aromatic heterocycles. The fourth-order valence-corrected chi connectivity index (χ4v) is 2.85. The molecule has 0 aliphatic carbocycles. The number of aromatic amines is 1. The Kier molecular flexibility index (Phi) is 2.91. The van der Waals surface area contributed by atoms with Gasteiger partial charge in [-0.15, -0.1) is 0 Å². The third-order valence-electron chi connectivity index (χ3n) is 3.76. The summed E-state index contributed by atoms with van der Waals surface area (Å²) >= 11 is 0. The van der Waals surface area contributed by atoms with E-state index in [9.17, 15) is 0 Å². The van der Waals surface area contributed by atoms with Crippen LogP contribution in [0.2, 0.25) is 0 Å². The second-order valence-electron chi connectivity index (χ2n) is 6.73. The number of rotatable bonds is 2. The predicted molar refractivity (Wildman–Crippen MR) is 93.7 cm³/mol. The van der Waals surface area contributed by atoms with E-state index in [1.54, 1.807) is 6.33 Å². The Labute approximate surface area is 134 Å². The summed E-state index contributed by atoms with van der Waals surface area (Å²) < 4.78 is 1.89. The third-order valence-corrected chi connectivity index (χ3v) is 3.76. The Bertz CT molecular complexity index is 982. The van der Waals surface area contributed by atoms with Gasteiger partial charge in [0.2, 0.25) is 0 Å². The van der Waals surface area contributed by atoms with Crippen molar-refractivity contribution in [3.8, 4) is 11.3 Å². The van der Waals surface area contributed by atoms with Gasteiger partial charge in [-0.25, -0.2) is 14.5 Å². The molecule has 5 nitrogen and oxygen atoms in total. The number of hydrogen-bond donors (Lipinski definition) is 2. The topological polar surface area (TPSA) is 58.0 Å². The fraction of sp³-hybridized carbons (Fsp3) is 0.222. The maximum absolute atomic E-state index is 4.74. The minimum atomic E-state index is -0.0829. The van der Waals surface area contributed by atoms with Gasteiger partial charge in [0.05, 0.1) is 0 Å². The van der Waals surface area contributed by atoms with Crippen molar-refractivity contribution in [1.82, 2.24) is 19.6 Å². The number of benzene rings is 2. The number of H-pyrrole nitrogens is 1. The van der Waals surface area contributed by atoms with Gasteiger partial charge in [-0.05, 0) is 31.5 Å². The summed E-state index contributed by atoms with van der Waals surface area (Å²) in [5.74, 6) is 1.60. The van der Waals surface area contributed by atoms with E-state index in [2.05, 4.69) is 78.6 Å². The highest BCUT2D eigenvalue weighted by Crippen LogP contribution is 2.34. The van der Waals surface area contributed by atoms with E-state index in [4.69, 9.17) is 4.98 Å². The first-order chi connectivity index (χ1) is 11.0. The molecule has 0 aliphatic heterocycles. The predicted octanol–water partition coefficient (Wildman–Crippen LogP) is 4.09. The Balaban J connectivity index is 2.01. The van der Waals surface area contributed by atoms with E-state index in [1.807, 2.05) is 4.52 Å². The number of anilines is 1. The first-order valence-corrected chi connectivity index (χ1v) is 7.71. The van der Waals surface area contributed by atoms with Crippen LogP contribution in [0.3, 0.4) is 0 Å². The molecule has 4 aromatic rings. The SMILES string of the molecule is CC(C)(C)Nc1c(-c2cccc3ccccc23)nc2nc[nH]n12. The van der Waals surface area contributed by atoms with Gasteiger partial charge in [-0.3, -0.25) is 5.10 Å². The highest BCUT2D eigenvalue weighted by atomic mass is 15.4. The van der Waals surface area contributed by atoms with Gasteiger partial charge in [-0.2, -0.15) is 0 Å². The van der Waals surface area contributed by atoms with Crippen molar-refractivity contribution in [3.63, 3.8) is 0 Å². The second kappa shape index (κ2) is 4.84. The maximum atomic E-state index is 4.74. The van der Waals surface area contributed by atoms with Gasteiger partial charge >= 0.3 is 0 Å². The van der Waals surface area contributed by atoms with Crippen molar-refractivity contribution in [3.05, 3.63) is 48.8 Å². The van der Waals surface area contributed by atoms with Gasteiger partial charge in [0.25, 0.3) is 5.78 Å². The molecular formula is C18H19N5. The largest absolute Gasteiger partial charge is 0.364 e. The third kappa shape index (κ3) is 2.34. The molecule has 0 atom stereocenters. The van der Waals surface area contributed by atoms with Crippen LogP contribution in [-0.2, 0) is 0 Å². The zero-order valence-corrected chi connectivity index (χ0v) is 13.5. The van der Waals surface area contributed by atoms with Gasteiger partial charge in [0.15, 0.2) is 5.82 Å². The molecule has 0 aliphatic rings. The molecule has 0 saturated carbocycles. The Morgan fingerprint density at radius 3 is 2.65 bits per heavy atom. The second-order valence-corrected chi connectivity index (χ2v) is 6.73. The molecule has 2 N–H and O–H groups in total. The molecule has 0 radical (unpaired) electrons. The standard InChI is InChI=1S/C18H19N5/c1-18(2,3)22-16-15(21-17-19-11-20-23(16)17)14-10-6-8-12-7-4-5-9-13(12)14/h4-11,22H,1-3H3,(H,19,20,21). The molecule has 5 heteroatoms. The molecule has 0 spiro atoms. The van der Waals surface area contributed by atoms with Crippen LogP contribution in [0.25, 0.3) is 27.8 Å². The molecule has 23 heavy (non-hydrogen) atoms. The van der Waals surface area contributed by atoms with E-state index in [0.717, 1.165) is 17.1 Å².